The summed E-state index contributed by atoms with van der Waals surface area (Å²) < 4.78 is 9.66. The zero-order chi connectivity index (χ0) is 14.0. The molecular formula is C11H20N2O5. The number of amides is 2. The number of carbonyl (C=O) groups excluding carboxylic acids is 3. The van der Waals surface area contributed by atoms with Crippen molar-refractivity contribution in [2.45, 2.75) is 20.3 Å². The lowest BCUT2D eigenvalue weighted by Crippen LogP contribution is -2.42. The minimum Gasteiger partial charge on any atom is -0.456 e. The Kier molecular flexibility index (Phi) is 8.55. The Bertz CT molecular complexity index is 287. The number of carbonyl (C=O) groups is 3. The SMILES string of the molecule is CC(=O)OCC(=O)N1CCOCC1.CCC(N)=O. The van der Waals surface area contributed by atoms with Crippen molar-refractivity contribution in [1.29, 1.82) is 0 Å². The summed E-state index contributed by atoms with van der Waals surface area (Å²) in [6, 6.07) is 0. The zero-order valence-corrected chi connectivity index (χ0v) is 10.8. The van der Waals surface area contributed by atoms with Gasteiger partial charge in [0.2, 0.25) is 5.91 Å². The highest BCUT2D eigenvalue weighted by Gasteiger charge is 2.17. The minimum absolute atomic E-state index is 0.154. The number of hydrogen-bond acceptors (Lipinski definition) is 5. The highest BCUT2D eigenvalue weighted by atomic mass is 16.5. The molecule has 0 radical (unpaired) electrons. The van der Waals surface area contributed by atoms with Crippen molar-refractivity contribution in [1.82, 2.24) is 4.90 Å². The third kappa shape index (κ3) is 8.51. The van der Waals surface area contributed by atoms with Gasteiger partial charge in [0.25, 0.3) is 5.91 Å². The predicted octanol–water partition coefficient (Wildman–Crippen LogP) is -0.710. The molecule has 104 valence electrons. The highest BCUT2D eigenvalue weighted by molar-refractivity contribution is 5.80. The van der Waals surface area contributed by atoms with Crippen LogP contribution in [0.5, 0.6) is 0 Å². The van der Waals surface area contributed by atoms with Crippen molar-refractivity contribution in [3.8, 4) is 0 Å². The van der Waals surface area contributed by atoms with Gasteiger partial charge in [-0.2, -0.15) is 0 Å². The third-order valence-electron chi connectivity index (χ3n) is 2.11. The second-order valence-electron chi connectivity index (χ2n) is 3.59. The van der Waals surface area contributed by atoms with E-state index in [9.17, 15) is 14.4 Å². The number of rotatable bonds is 3. The Morgan fingerprint density at radius 3 is 2.17 bits per heavy atom. The molecule has 0 aliphatic carbocycles. The highest BCUT2D eigenvalue weighted by Crippen LogP contribution is 1.97. The molecule has 0 aromatic carbocycles. The van der Waals surface area contributed by atoms with Gasteiger partial charge in [-0.3, -0.25) is 14.4 Å². The Morgan fingerprint density at radius 1 is 1.28 bits per heavy atom. The van der Waals surface area contributed by atoms with Crippen LogP contribution in [-0.2, 0) is 23.9 Å². The van der Waals surface area contributed by atoms with Crippen LogP contribution in [0.4, 0.5) is 0 Å². The first-order valence-corrected chi connectivity index (χ1v) is 5.74. The average molecular weight is 260 g/mol. The maximum Gasteiger partial charge on any atom is 0.303 e. The molecule has 1 rings (SSSR count). The van der Waals surface area contributed by atoms with E-state index in [1.54, 1.807) is 11.8 Å². The number of nitrogens with two attached hydrogens (primary N) is 1. The topological polar surface area (TPSA) is 98.9 Å². The molecule has 1 saturated heterocycles. The van der Waals surface area contributed by atoms with E-state index in [1.165, 1.54) is 6.92 Å². The molecule has 1 aliphatic heterocycles. The number of hydrogen-bond donors (Lipinski definition) is 1. The molecule has 1 aliphatic rings. The second-order valence-corrected chi connectivity index (χ2v) is 3.59. The van der Waals surface area contributed by atoms with Gasteiger partial charge in [-0.15, -0.1) is 0 Å². The molecule has 18 heavy (non-hydrogen) atoms. The molecule has 2 N–H and O–H groups in total. The van der Waals surface area contributed by atoms with Gasteiger partial charge in [-0.25, -0.2) is 0 Å². The number of primary amides is 1. The van der Waals surface area contributed by atoms with E-state index in [1.807, 2.05) is 0 Å². The van der Waals surface area contributed by atoms with Crippen molar-refractivity contribution in [3.05, 3.63) is 0 Å². The lowest BCUT2D eigenvalue weighted by atomic mass is 10.4. The zero-order valence-electron chi connectivity index (χ0n) is 10.8. The molecule has 0 saturated carbocycles. The number of esters is 1. The molecule has 0 aromatic heterocycles. The fourth-order valence-electron chi connectivity index (χ4n) is 1.07. The van der Waals surface area contributed by atoms with Crippen LogP contribution in [0.2, 0.25) is 0 Å². The fourth-order valence-corrected chi connectivity index (χ4v) is 1.07. The van der Waals surface area contributed by atoms with Crippen molar-refractivity contribution in [2.75, 3.05) is 32.9 Å². The molecule has 0 bridgehead atoms. The molecule has 0 aromatic rings. The standard InChI is InChI=1S/C8H13NO4.C3H7NO/c1-7(10)13-6-8(11)9-2-4-12-5-3-9;1-2-3(4)5/h2-6H2,1H3;2H2,1H3,(H2,4,5). The van der Waals surface area contributed by atoms with E-state index in [-0.39, 0.29) is 18.4 Å². The molecule has 0 spiro atoms. The summed E-state index contributed by atoms with van der Waals surface area (Å²) in [5.41, 5.74) is 4.65. The molecule has 1 heterocycles. The van der Waals surface area contributed by atoms with Crippen LogP contribution in [-0.4, -0.2) is 55.6 Å². The van der Waals surface area contributed by atoms with Gasteiger partial charge in [0.1, 0.15) is 0 Å². The van der Waals surface area contributed by atoms with Gasteiger partial charge in [0, 0.05) is 26.4 Å². The molecule has 7 heteroatoms. The largest absolute Gasteiger partial charge is 0.456 e. The summed E-state index contributed by atoms with van der Waals surface area (Å²) >= 11 is 0. The van der Waals surface area contributed by atoms with Gasteiger partial charge < -0.3 is 20.1 Å². The Labute approximate surface area is 106 Å². The normalized spacial score (nSPS) is 14.2. The first kappa shape index (κ1) is 16.4. The van der Waals surface area contributed by atoms with E-state index < -0.39 is 5.97 Å². The van der Waals surface area contributed by atoms with Crippen LogP contribution in [0.1, 0.15) is 20.3 Å². The minimum atomic E-state index is -0.429. The van der Waals surface area contributed by atoms with Crippen molar-refractivity contribution in [2.24, 2.45) is 5.73 Å². The molecule has 0 atom stereocenters. The van der Waals surface area contributed by atoms with Crippen LogP contribution in [0.3, 0.4) is 0 Å². The van der Waals surface area contributed by atoms with Crippen LogP contribution >= 0.6 is 0 Å². The lowest BCUT2D eigenvalue weighted by molar-refractivity contribution is -0.152. The molecule has 0 unspecified atom stereocenters. The van der Waals surface area contributed by atoms with Crippen LogP contribution < -0.4 is 5.73 Å². The third-order valence-corrected chi connectivity index (χ3v) is 2.11. The van der Waals surface area contributed by atoms with E-state index in [0.29, 0.717) is 32.7 Å². The summed E-state index contributed by atoms with van der Waals surface area (Å²) in [7, 11) is 0. The Morgan fingerprint density at radius 2 is 1.78 bits per heavy atom. The maximum atomic E-state index is 11.3. The monoisotopic (exact) mass is 260 g/mol. The second kappa shape index (κ2) is 9.41. The molecular weight excluding hydrogens is 240 g/mol. The Hall–Kier alpha value is -1.63. The molecule has 1 fully saturated rings. The quantitative estimate of drug-likeness (QED) is 0.676. The first-order chi connectivity index (χ1) is 8.47. The van der Waals surface area contributed by atoms with Crippen LogP contribution in [0, 0.1) is 0 Å². The van der Waals surface area contributed by atoms with Gasteiger partial charge in [-0.1, -0.05) is 6.92 Å². The predicted molar refractivity (Wildman–Crippen MR) is 63.5 cm³/mol. The van der Waals surface area contributed by atoms with Crippen molar-refractivity contribution in [3.63, 3.8) is 0 Å². The molecule has 7 nitrogen and oxygen atoms in total. The summed E-state index contributed by atoms with van der Waals surface area (Å²) in [4.78, 5) is 32.9. The maximum absolute atomic E-state index is 11.3. The van der Waals surface area contributed by atoms with Gasteiger partial charge in [0.15, 0.2) is 6.61 Å². The van der Waals surface area contributed by atoms with Gasteiger partial charge >= 0.3 is 5.97 Å². The van der Waals surface area contributed by atoms with Crippen molar-refractivity contribution < 1.29 is 23.9 Å². The van der Waals surface area contributed by atoms with Crippen LogP contribution in [0.15, 0.2) is 0 Å². The van der Waals surface area contributed by atoms with Crippen LogP contribution in [0.25, 0.3) is 0 Å². The fraction of sp³-hybridized carbons (Fsp3) is 0.727. The van der Waals surface area contributed by atoms with Gasteiger partial charge in [0.05, 0.1) is 13.2 Å². The van der Waals surface area contributed by atoms with Gasteiger partial charge in [-0.05, 0) is 0 Å². The first-order valence-electron chi connectivity index (χ1n) is 5.74. The number of nitrogens with zero attached hydrogens (tertiary/aromatic N) is 1. The lowest BCUT2D eigenvalue weighted by Gasteiger charge is -2.26. The summed E-state index contributed by atoms with van der Waals surface area (Å²) in [6.07, 6.45) is 0.444. The number of ether oxygens (including phenoxy) is 2. The van der Waals surface area contributed by atoms with Crippen molar-refractivity contribution >= 4 is 17.8 Å². The summed E-state index contributed by atoms with van der Waals surface area (Å²) in [5.74, 6) is -0.829. The summed E-state index contributed by atoms with van der Waals surface area (Å²) in [5, 5.41) is 0. The Balaban J connectivity index is 0.000000494. The number of morpholine rings is 1. The summed E-state index contributed by atoms with van der Waals surface area (Å²) in [6.45, 7) is 5.14. The van der Waals surface area contributed by atoms with E-state index >= 15 is 0 Å². The molecule has 2 amide bonds. The van der Waals surface area contributed by atoms with E-state index in [0.717, 1.165) is 0 Å². The smallest absolute Gasteiger partial charge is 0.303 e. The average Bonchev–Trinajstić information content (AvgIpc) is 2.37. The van der Waals surface area contributed by atoms with E-state index in [4.69, 9.17) is 4.74 Å². The van der Waals surface area contributed by atoms with E-state index in [2.05, 4.69) is 10.5 Å².